The van der Waals surface area contributed by atoms with Crippen LogP contribution < -0.4 is 10.2 Å². The Kier molecular flexibility index (Phi) is 3.34. The first-order valence-electron chi connectivity index (χ1n) is 5.03. The molecule has 0 amide bonds. The molecule has 2 rings (SSSR count). The predicted octanol–water partition coefficient (Wildman–Crippen LogP) is 1.89. The van der Waals surface area contributed by atoms with Gasteiger partial charge in [-0.05, 0) is 12.1 Å². The van der Waals surface area contributed by atoms with Gasteiger partial charge < -0.3 is 9.57 Å². The van der Waals surface area contributed by atoms with Crippen LogP contribution in [0, 0.1) is 0 Å². The first-order valence-corrected chi connectivity index (χ1v) is 5.03. The summed E-state index contributed by atoms with van der Waals surface area (Å²) in [6, 6.07) is 9.86. The normalized spacial score (nSPS) is 10.6. The topological polar surface area (TPSA) is 43.4 Å². The third-order valence-corrected chi connectivity index (χ3v) is 2.36. The Balaban J connectivity index is 2.42. The number of nitrogens with one attached hydrogen (secondary N) is 1. The minimum Gasteiger partial charge on any atom is -0.494 e. The molecule has 1 heterocycles. The molecule has 0 unspecified atom stereocenters. The summed E-state index contributed by atoms with van der Waals surface area (Å²) in [6.07, 6.45) is 0. The SMILES string of the molecule is CONCc1ccc2cccc(OC)c2n1. The second kappa shape index (κ2) is 4.92. The highest BCUT2D eigenvalue weighted by Gasteiger charge is 2.03. The van der Waals surface area contributed by atoms with Crippen molar-refractivity contribution in [3.8, 4) is 5.75 Å². The van der Waals surface area contributed by atoms with Crippen LogP contribution in [0.3, 0.4) is 0 Å². The van der Waals surface area contributed by atoms with Crippen molar-refractivity contribution in [2.45, 2.75) is 6.54 Å². The molecule has 4 nitrogen and oxygen atoms in total. The van der Waals surface area contributed by atoms with Gasteiger partial charge in [0.05, 0.1) is 26.5 Å². The van der Waals surface area contributed by atoms with Gasteiger partial charge >= 0.3 is 0 Å². The van der Waals surface area contributed by atoms with Crippen molar-refractivity contribution in [3.63, 3.8) is 0 Å². The van der Waals surface area contributed by atoms with E-state index in [-0.39, 0.29) is 0 Å². The number of nitrogens with zero attached hydrogens (tertiary/aromatic N) is 1. The molecule has 1 aromatic heterocycles. The van der Waals surface area contributed by atoms with Crippen LogP contribution in [0.4, 0.5) is 0 Å². The fourth-order valence-electron chi connectivity index (χ4n) is 1.57. The third kappa shape index (κ3) is 2.13. The summed E-state index contributed by atoms with van der Waals surface area (Å²) in [5.41, 5.74) is 4.55. The molecule has 84 valence electrons. The van der Waals surface area contributed by atoms with E-state index >= 15 is 0 Å². The second-order valence-electron chi connectivity index (χ2n) is 3.36. The maximum absolute atomic E-state index is 5.27. The van der Waals surface area contributed by atoms with Crippen LogP contribution >= 0.6 is 0 Å². The van der Waals surface area contributed by atoms with E-state index in [1.807, 2.05) is 30.3 Å². The molecule has 2 aromatic rings. The van der Waals surface area contributed by atoms with Crippen molar-refractivity contribution < 1.29 is 9.57 Å². The highest BCUT2D eigenvalue weighted by atomic mass is 16.6. The van der Waals surface area contributed by atoms with Crippen LogP contribution in [0.15, 0.2) is 30.3 Å². The number of benzene rings is 1. The molecule has 0 aliphatic carbocycles. The van der Waals surface area contributed by atoms with Crippen molar-refractivity contribution in [1.29, 1.82) is 0 Å². The lowest BCUT2D eigenvalue weighted by Gasteiger charge is -2.06. The average Bonchev–Trinajstić information content (AvgIpc) is 2.35. The fourth-order valence-corrected chi connectivity index (χ4v) is 1.57. The van der Waals surface area contributed by atoms with E-state index in [0.717, 1.165) is 22.3 Å². The van der Waals surface area contributed by atoms with Crippen LogP contribution in [0.5, 0.6) is 5.75 Å². The van der Waals surface area contributed by atoms with Crippen LogP contribution in [-0.2, 0) is 11.4 Å². The molecule has 1 aromatic carbocycles. The Bertz CT molecular complexity index is 485. The zero-order valence-electron chi connectivity index (χ0n) is 9.36. The molecule has 0 atom stereocenters. The van der Waals surface area contributed by atoms with Crippen LogP contribution in [-0.4, -0.2) is 19.2 Å². The molecule has 0 fully saturated rings. The van der Waals surface area contributed by atoms with Gasteiger partial charge in [-0.15, -0.1) is 0 Å². The minimum atomic E-state index is 0.574. The van der Waals surface area contributed by atoms with Gasteiger partial charge in [0, 0.05) is 5.39 Å². The van der Waals surface area contributed by atoms with Gasteiger partial charge in [-0.2, -0.15) is 5.48 Å². The standard InChI is InChI=1S/C12H14N2O2/c1-15-11-5-3-4-9-6-7-10(8-13-16-2)14-12(9)11/h3-7,13H,8H2,1-2H3. The smallest absolute Gasteiger partial charge is 0.145 e. The Morgan fingerprint density at radius 1 is 1.19 bits per heavy atom. The monoisotopic (exact) mass is 218 g/mol. The summed E-state index contributed by atoms with van der Waals surface area (Å²) in [5, 5.41) is 1.07. The number of para-hydroxylation sites is 1. The molecular weight excluding hydrogens is 204 g/mol. The number of fused-ring (bicyclic) bond motifs is 1. The van der Waals surface area contributed by atoms with Gasteiger partial charge in [0.1, 0.15) is 11.3 Å². The van der Waals surface area contributed by atoms with Crippen molar-refractivity contribution in [2.75, 3.05) is 14.2 Å². The zero-order valence-corrected chi connectivity index (χ0v) is 9.36. The molecule has 4 heteroatoms. The van der Waals surface area contributed by atoms with Crippen LogP contribution in [0.2, 0.25) is 0 Å². The van der Waals surface area contributed by atoms with E-state index in [2.05, 4.69) is 10.5 Å². The minimum absolute atomic E-state index is 0.574. The fraction of sp³-hybridized carbons (Fsp3) is 0.250. The van der Waals surface area contributed by atoms with E-state index < -0.39 is 0 Å². The Labute approximate surface area is 94.2 Å². The van der Waals surface area contributed by atoms with Gasteiger partial charge in [-0.1, -0.05) is 18.2 Å². The molecule has 16 heavy (non-hydrogen) atoms. The predicted molar refractivity (Wildman–Crippen MR) is 62.1 cm³/mol. The molecule has 0 spiro atoms. The van der Waals surface area contributed by atoms with Crippen molar-refractivity contribution in [2.24, 2.45) is 0 Å². The van der Waals surface area contributed by atoms with Crippen molar-refractivity contribution in [1.82, 2.24) is 10.5 Å². The number of hydrogen-bond donors (Lipinski definition) is 1. The highest BCUT2D eigenvalue weighted by molar-refractivity contribution is 5.84. The zero-order chi connectivity index (χ0) is 11.4. The molecule has 0 saturated carbocycles. The third-order valence-electron chi connectivity index (χ3n) is 2.36. The quantitative estimate of drug-likeness (QED) is 0.796. The Morgan fingerprint density at radius 2 is 2.06 bits per heavy atom. The van der Waals surface area contributed by atoms with Gasteiger partial charge in [0.15, 0.2) is 0 Å². The summed E-state index contributed by atoms with van der Waals surface area (Å²) in [6.45, 7) is 0.574. The lowest BCUT2D eigenvalue weighted by atomic mass is 10.2. The molecule has 0 aliphatic rings. The highest BCUT2D eigenvalue weighted by Crippen LogP contribution is 2.23. The molecule has 0 bridgehead atoms. The first-order chi connectivity index (χ1) is 7.85. The maximum Gasteiger partial charge on any atom is 0.145 e. The number of aromatic nitrogens is 1. The second-order valence-corrected chi connectivity index (χ2v) is 3.36. The molecule has 0 saturated heterocycles. The van der Waals surface area contributed by atoms with E-state index in [0.29, 0.717) is 6.54 Å². The van der Waals surface area contributed by atoms with Gasteiger partial charge in [0.2, 0.25) is 0 Å². The summed E-state index contributed by atoms with van der Waals surface area (Å²) in [4.78, 5) is 9.31. The van der Waals surface area contributed by atoms with Gasteiger partial charge in [-0.3, -0.25) is 0 Å². The Morgan fingerprint density at radius 3 is 2.81 bits per heavy atom. The van der Waals surface area contributed by atoms with Crippen LogP contribution in [0.25, 0.3) is 10.9 Å². The van der Waals surface area contributed by atoms with Crippen LogP contribution in [0.1, 0.15) is 5.69 Å². The van der Waals surface area contributed by atoms with Gasteiger partial charge in [-0.25, -0.2) is 4.98 Å². The number of rotatable bonds is 4. The summed E-state index contributed by atoms with van der Waals surface area (Å²) >= 11 is 0. The van der Waals surface area contributed by atoms with Crippen molar-refractivity contribution in [3.05, 3.63) is 36.0 Å². The van der Waals surface area contributed by atoms with E-state index in [1.165, 1.54) is 0 Å². The van der Waals surface area contributed by atoms with Crippen molar-refractivity contribution >= 4 is 10.9 Å². The Hall–Kier alpha value is -1.65. The molecule has 0 radical (unpaired) electrons. The number of hydroxylamine groups is 1. The lowest BCUT2D eigenvalue weighted by Crippen LogP contribution is -2.11. The van der Waals surface area contributed by atoms with Gasteiger partial charge in [0.25, 0.3) is 0 Å². The number of ether oxygens (including phenoxy) is 1. The first kappa shape index (κ1) is 10.9. The summed E-state index contributed by atoms with van der Waals surface area (Å²) < 4.78 is 5.27. The lowest BCUT2D eigenvalue weighted by molar-refractivity contribution is 0.0859. The molecule has 0 aliphatic heterocycles. The largest absolute Gasteiger partial charge is 0.494 e. The van der Waals surface area contributed by atoms with E-state index in [4.69, 9.17) is 9.57 Å². The molecular formula is C12H14N2O2. The number of pyridine rings is 1. The number of methoxy groups -OCH3 is 1. The maximum atomic E-state index is 5.27. The molecule has 1 N–H and O–H groups in total. The van der Waals surface area contributed by atoms with E-state index in [9.17, 15) is 0 Å². The average molecular weight is 218 g/mol. The van der Waals surface area contributed by atoms with E-state index in [1.54, 1.807) is 14.2 Å². The summed E-state index contributed by atoms with van der Waals surface area (Å²) in [5.74, 6) is 0.789. The number of hydrogen-bond acceptors (Lipinski definition) is 4. The summed E-state index contributed by atoms with van der Waals surface area (Å²) in [7, 11) is 3.23.